The van der Waals surface area contributed by atoms with Gasteiger partial charge < -0.3 is 15.7 Å². The molecular formula is C19H18FN3O3. The number of carboxylic acids is 1. The first-order chi connectivity index (χ1) is 12.5. The number of nitriles is 1. The Morgan fingerprint density at radius 2 is 1.58 bits per heavy atom. The molecule has 0 heterocycles. The van der Waals surface area contributed by atoms with Gasteiger partial charge in [0.25, 0.3) is 0 Å². The molecule has 0 fully saturated rings. The highest BCUT2D eigenvalue weighted by Gasteiger charge is 2.25. The fraction of sp³-hybridized carbons (Fsp3) is 0.211. The molecule has 6 nitrogen and oxygen atoms in total. The Bertz CT molecular complexity index is 788. The highest BCUT2D eigenvalue weighted by molar-refractivity contribution is 5.87. The standard InChI is InChI=1S/C19H18FN3O3/c20-15-8-6-14(7-9-15)11-17(19(25)26)23-18(24)16(22-12-21)10-13-4-2-1-3-5-13/h1-9,16-17,22H,10-11H2,(H,23,24)(H,25,26)/t16-,17-/m0/s1. The van der Waals surface area contributed by atoms with Crippen molar-refractivity contribution in [2.45, 2.75) is 24.9 Å². The number of benzene rings is 2. The van der Waals surface area contributed by atoms with E-state index >= 15 is 0 Å². The second-order valence-electron chi connectivity index (χ2n) is 5.73. The quantitative estimate of drug-likeness (QED) is 0.493. The normalized spacial score (nSPS) is 12.5. The minimum Gasteiger partial charge on any atom is -0.480 e. The van der Waals surface area contributed by atoms with E-state index in [4.69, 9.17) is 5.26 Å². The fourth-order valence-corrected chi connectivity index (χ4v) is 2.47. The number of hydrogen-bond acceptors (Lipinski definition) is 4. The van der Waals surface area contributed by atoms with Crippen molar-refractivity contribution in [3.8, 4) is 6.19 Å². The van der Waals surface area contributed by atoms with Crippen molar-refractivity contribution in [3.63, 3.8) is 0 Å². The highest BCUT2D eigenvalue weighted by Crippen LogP contribution is 2.08. The number of rotatable bonds is 8. The Balaban J connectivity index is 2.07. The van der Waals surface area contributed by atoms with Gasteiger partial charge in [-0.3, -0.25) is 4.79 Å². The van der Waals surface area contributed by atoms with Gasteiger partial charge in [0.1, 0.15) is 17.9 Å². The molecule has 0 radical (unpaired) electrons. The zero-order valence-electron chi connectivity index (χ0n) is 13.9. The molecule has 0 saturated heterocycles. The lowest BCUT2D eigenvalue weighted by Gasteiger charge is -2.19. The molecular weight excluding hydrogens is 337 g/mol. The first-order valence-corrected chi connectivity index (χ1v) is 7.95. The summed E-state index contributed by atoms with van der Waals surface area (Å²) in [5.41, 5.74) is 1.41. The van der Waals surface area contributed by atoms with Crippen LogP contribution in [0, 0.1) is 17.3 Å². The van der Waals surface area contributed by atoms with Crippen LogP contribution in [0.15, 0.2) is 54.6 Å². The predicted octanol–water partition coefficient (Wildman–Crippen LogP) is 1.62. The van der Waals surface area contributed by atoms with E-state index in [-0.39, 0.29) is 12.8 Å². The van der Waals surface area contributed by atoms with Crippen molar-refractivity contribution in [1.82, 2.24) is 10.6 Å². The van der Waals surface area contributed by atoms with Crippen LogP contribution >= 0.6 is 0 Å². The Kier molecular flexibility index (Phi) is 6.68. The zero-order chi connectivity index (χ0) is 18.9. The average Bonchev–Trinajstić information content (AvgIpc) is 2.63. The third kappa shape index (κ3) is 5.60. The highest BCUT2D eigenvalue weighted by atomic mass is 19.1. The van der Waals surface area contributed by atoms with Gasteiger partial charge in [0.2, 0.25) is 5.91 Å². The van der Waals surface area contributed by atoms with Crippen LogP contribution in [-0.2, 0) is 22.4 Å². The maximum absolute atomic E-state index is 13.0. The van der Waals surface area contributed by atoms with E-state index in [9.17, 15) is 19.1 Å². The van der Waals surface area contributed by atoms with Crippen molar-refractivity contribution in [3.05, 3.63) is 71.5 Å². The second-order valence-corrected chi connectivity index (χ2v) is 5.73. The molecule has 134 valence electrons. The number of aliphatic carboxylic acids is 1. The number of amides is 1. The van der Waals surface area contributed by atoms with Crippen LogP contribution in [-0.4, -0.2) is 29.1 Å². The van der Waals surface area contributed by atoms with Gasteiger partial charge >= 0.3 is 5.97 Å². The summed E-state index contributed by atoms with van der Waals surface area (Å²) in [4.78, 5) is 23.9. The number of nitrogens with one attached hydrogen (secondary N) is 2. The number of hydrogen-bond donors (Lipinski definition) is 3. The third-order valence-corrected chi connectivity index (χ3v) is 3.81. The maximum atomic E-state index is 13.0. The molecule has 2 aromatic carbocycles. The van der Waals surface area contributed by atoms with E-state index in [0.29, 0.717) is 5.56 Å². The van der Waals surface area contributed by atoms with Gasteiger partial charge in [0, 0.05) is 12.8 Å². The van der Waals surface area contributed by atoms with E-state index in [1.807, 2.05) is 30.3 Å². The Labute approximate surface area is 150 Å². The molecule has 0 aliphatic carbocycles. The van der Waals surface area contributed by atoms with Crippen molar-refractivity contribution in [2.75, 3.05) is 0 Å². The van der Waals surface area contributed by atoms with Gasteiger partial charge in [0.15, 0.2) is 6.19 Å². The van der Waals surface area contributed by atoms with E-state index in [2.05, 4.69) is 10.6 Å². The molecule has 0 unspecified atom stereocenters. The topological polar surface area (TPSA) is 102 Å². The van der Waals surface area contributed by atoms with Crippen LogP contribution in [0.5, 0.6) is 0 Å². The van der Waals surface area contributed by atoms with Gasteiger partial charge in [0.05, 0.1) is 0 Å². The van der Waals surface area contributed by atoms with Crippen molar-refractivity contribution in [2.24, 2.45) is 0 Å². The molecule has 2 aromatic rings. The molecule has 2 rings (SSSR count). The summed E-state index contributed by atoms with van der Waals surface area (Å²) >= 11 is 0. The molecule has 0 aliphatic rings. The predicted molar refractivity (Wildman–Crippen MR) is 92.4 cm³/mol. The summed E-state index contributed by atoms with van der Waals surface area (Å²) in [6.07, 6.45) is 1.97. The zero-order valence-corrected chi connectivity index (χ0v) is 13.9. The number of carbonyl (C=O) groups excluding carboxylic acids is 1. The van der Waals surface area contributed by atoms with E-state index in [0.717, 1.165) is 5.56 Å². The van der Waals surface area contributed by atoms with Crippen LogP contribution in [0.2, 0.25) is 0 Å². The summed E-state index contributed by atoms with van der Waals surface area (Å²) < 4.78 is 13.0. The van der Waals surface area contributed by atoms with Crippen LogP contribution < -0.4 is 10.6 Å². The summed E-state index contributed by atoms with van der Waals surface area (Å²) in [6, 6.07) is 12.4. The first kappa shape index (κ1) is 18.9. The molecule has 0 saturated carbocycles. The fourth-order valence-electron chi connectivity index (χ4n) is 2.47. The second kappa shape index (κ2) is 9.18. The summed E-state index contributed by atoms with van der Waals surface area (Å²) in [7, 11) is 0. The smallest absolute Gasteiger partial charge is 0.326 e. The van der Waals surface area contributed by atoms with Gasteiger partial charge in [-0.2, -0.15) is 5.26 Å². The Morgan fingerprint density at radius 1 is 1.00 bits per heavy atom. The molecule has 26 heavy (non-hydrogen) atoms. The molecule has 0 bridgehead atoms. The number of carbonyl (C=O) groups is 2. The van der Waals surface area contributed by atoms with Gasteiger partial charge in [-0.15, -0.1) is 0 Å². The largest absolute Gasteiger partial charge is 0.480 e. The molecule has 7 heteroatoms. The number of halogens is 1. The SMILES string of the molecule is N#CN[C@@H](Cc1ccccc1)C(=O)N[C@@H](Cc1ccc(F)cc1)C(=O)O. The minimum atomic E-state index is -1.21. The van der Waals surface area contributed by atoms with Crippen molar-refractivity contribution in [1.29, 1.82) is 5.26 Å². The van der Waals surface area contributed by atoms with Crippen LogP contribution in [0.1, 0.15) is 11.1 Å². The van der Waals surface area contributed by atoms with Gasteiger partial charge in [-0.1, -0.05) is 42.5 Å². The lowest BCUT2D eigenvalue weighted by atomic mass is 10.0. The lowest BCUT2D eigenvalue weighted by Crippen LogP contribution is -2.50. The monoisotopic (exact) mass is 355 g/mol. The number of carboxylic acid groups (broad SMARTS) is 1. The van der Waals surface area contributed by atoms with Crippen LogP contribution in [0.4, 0.5) is 4.39 Å². The van der Waals surface area contributed by atoms with E-state index in [1.54, 1.807) is 6.19 Å². The lowest BCUT2D eigenvalue weighted by molar-refractivity contribution is -0.142. The van der Waals surface area contributed by atoms with E-state index in [1.165, 1.54) is 24.3 Å². The summed E-state index contributed by atoms with van der Waals surface area (Å²) in [5, 5.41) is 23.1. The van der Waals surface area contributed by atoms with Crippen LogP contribution in [0.3, 0.4) is 0 Å². The molecule has 0 spiro atoms. The molecule has 0 aromatic heterocycles. The third-order valence-electron chi connectivity index (χ3n) is 3.81. The molecule has 2 atom stereocenters. The van der Waals surface area contributed by atoms with Crippen molar-refractivity contribution >= 4 is 11.9 Å². The van der Waals surface area contributed by atoms with E-state index < -0.39 is 29.8 Å². The Hall–Kier alpha value is -3.40. The summed E-state index contributed by atoms with van der Waals surface area (Å²) in [6.45, 7) is 0. The van der Waals surface area contributed by atoms with Crippen molar-refractivity contribution < 1.29 is 19.1 Å². The molecule has 1 amide bonds. The first-order valence-electron chi connectivity index (χ1n) is 7.95. The molecule has 0 aliphatic heterocycles. The van der Waals surface area contributed by atoms with Gasteiger partial charge in [-0.05, 0) is 23.3 Å². The minimum absolute atomic E-state index is 0.00592. The average molecular weight is 355 g/mol. The molecule has 3 N–H and O–H groups in total. The van der Waals surface area contributed by atoms with Crippen LogP contribution in [0.25, 0.3) is 0 Å². The Morgan fingerprint density at radius 3 is 2.15 bits per heavy atom. The maximum Gasteiger partial charge on any atom is 0.326 e. The van der Waals surface area contributed by atoms with Gasteiger partial charge in [-0.25, -0.2) is 9.18 Å². The summed E-state index contributed by atoms with van der Waals surface area (Å²) in [5.74, 6) is -2.23. The number of nitrogens with zero attached hydrogens (tertiary/aromatic N) is 1.